The van der Waals surface area contributed by atoms with Gasteiger partial charge >= 0.3 is 0 Å². The van der Waals surface area contributed by atoms with Gasteiger partial charge in [-0.1, -0.05) is 13.3 Å². The van der Waals surface area contributed by atoms with Crippen molar-refractivity contribution in [2.24, 2.45) is 5.10 Å². The van der Waals surface area contributed by atoms with Gasteiger partial charge in [0.25, 0.3) is 5.56 Å². The van der Waals surface area contributed by atoms with Crippen molar-refractivity contribution in [3.05, 3.63) is 45.8 Å². The van der Waals surface area contributed by atoms with Crippen molar-refractivity contribution >= 4 is 12.2 Å². The van der Waals surface area contributed by atoms with Gasteiger partial charge in [0.1, 0.15) is 11.5 Å². The van der Waals surface area contributed by atoms with E-state index < -0.39 is 0 Å². The summed E-state index contributed by atoms with van der Waals surface area (Å²) in [5.41, 5.74) is 3.24. The molecule has 0 aromatic carbocycles. The van der Waals surface area contributed by atoms with Crippen LogP contribution in [0.15, 0.2) is 32.5 Å². The lowest BCUT2D eigenvalue weighted by Gasteiger charge is -2.01. The number of aromatic nitrogens is 2. The maximum Gasteiger partial charge on any atom is 0.252 e. The van der Waals surface area contributed by atoms with E-state index in [-0.39, 0.29) is 5.56 Å². The van der Waals surface area contributed by atoms with E-state index in [0.717, 1.165) is 24.3 Å². The highest BCUT2D eigenvalue weighted by atomic mass is 16.3. The van der Waals surface area contributed by atoms with Crippen molar-refractivity contribution in [3.8, 4) is 0 Å². The van der Waals surface area contributed by atoms with Crippen LogP contribution in [-0.2, 0) is 6.42 Å². The van der Waals surface area contributed by atoms with Crippen LogP contribution in [-0.4, -0.2) is 16.2 Å². The van der Waals surface area contributed by atoms with Gasteiger partial charge in [-0.05, 0) is 25.5 Å². The van der Waals surface area contributed by atoms with Crippen LogP contribution in [0.1, 0.15) is 30.6 Å². The molecule has 6 nitrogen and oxygen atoms in total. The van der Waals surface area contributed by atoms with Gasteiger partial charge in [0.15, 0.2) is 0 Å². The Labute approximate surface area is 110 Å². The number of aryl methyl sites for hydroxylation is 2. The highest BCUT2D eigenvalue weighted by Crippen LogP contribution is 2.04. The Morgan fingerprint density at radius 1 is 1.53 bits per heavy atom. The molecule has 0 aliphatic heterocycles. The summed E-state index contributed by atoms with van der Waals surface area (Å²) in [6.45, 7) is 3.89. The number of nitrogens with one attached hydrogen (secondary N) is 2. The standard InChI is InChI=1S/C13H16N4O2/c1-3-4-10-7-12(18)16-13(15-10)17-14-8-11-6-5-9(2)19-11/h5-8H,3-4H2,1-2H3,(H2,15,16,17,18)/b14-8+. The molecule has 2 N–H and O–H groups in total. The molecule has 2 heterocycles. The van der Waals surface area contributed by atoms with E-state index in [1.807, 2.05) is 26.0 Å². The maximum absolute atomic E-state index is 11.4. The van der Waals surface area contributed by atoms with E-state index in [9.17, 15) is 4.79 Å². The third kappa shape index (κ3) is 3.80. The number of aromatic amines is 1. The number of hydrazone groups is 1. The smallest absolute Gasteiger partial charge is 0.252 e. The van der Waals surface area contributed by atoms with E-state index in [1.165, 1.54) is 12.3 Å². The summed E-state index contributed by atoms with van der Waals surface area (Å²) in [7, 11) is 0. The van der Waals surface area contributed by atoms with Crippen LogP contribution in [0.25, 0.3) is 0 Å². The first-order chi connectivity index (χ1) is 9.17. The molecule has 0 saturated heterocycles. The number of hydrogen-bond acceptors (Lipinski definition) is 5. The van der Waals surface area contributed by atoms with E-state index >= 15 is 0 Å². The van der Waals surface area contributed by atoms with Gasteiger partial charge in [-0.15, -0.1) is 0 Å². The molecule has 2 aromatic heterocycles. The predicted molar refractivity (Wildman–Crippen MR) is 73.5 cm³/mol. The Hall–Kier alpha value is -2.37. The number of anilines is 1. The highest BCUT2D eigenvalue weighted by molar-refractivity contribution is 5.76. The number of nitrogens with zero attached hydrogens (tertiary/aromatic N) is 2. The lowest BCUT2D eigenvalue weighted by Crippen LogP contribution is -2.11. The summed E-state index contributed by atoms with van der Waals surface area (Å²) in [6.07, 6.45) is 3.23. The fourth-order valence-corrected chi connectivity index (χ4v) is 1.62. The SMILES string of the molecule is CCCc1cc(=O)[nH]c(N/N=C/c2ccc(C)o2)n1. The summed E-state index contributed by atoms with van der Waals surface area (Å²) in [4.78, 5) is 18.2. The molecule has 0 spiro atoms. The Bertz CT molecular complexity index is 628. The summed E-state index contributed by atoms with van der Waals surface area (Å²) in [6, 6.07) is 5.15. The van der Waals surface area contributed by atoms with Crippen molar-refractivity contribution in [1.29, 1.82) is 0 Å². The lowest BCUT2D eigenvalue weighted by molar-refractivity contribution is 0.528. The summed E-state index contributed by atoms with van der Waals surface area (Å²) >= 11 is 0. The molecule has 0 amide bonds. The van der Waals surface area contributed by atoms with E-state index in [0.29, 0.717) is 11.7 Å². The van der Waals surface area contributed by atoms with Gasteiger partial charge < -0.3 is 4.42 Å². The van der Waals surface area contributed by atoms with Gasteiger partial charge in [-0.3, -0.25) is 9.78 Å². The lowest BCUT2D eigenvalue weighted by atomic mass is 10.2. The van der Waals surface area contributed by atoms with Gasteiger partial charge in [-0.2, -0.15) is 5.10 Å². The van der Waals surface area contributed by atoms with Crippen molar-refractivity contribution in [1.82, 2.24) is 9.97 Å². The fraction of sp³-hybridized carbons (Fsp3) is 0.308. The third-order valence-corrected chi connectivity index (χ3v) is 2.42. The maximum atomic E-state index is 11.4. The Morgan fingerprint density at radius 3 is 3.05 bits per heavy atom. The molecule has 2 aromatic rings. The second kappa shape index (κ2) is 5.99. The summed E-state index contributed by atoms with van der Waals surface area (Å²) in [5.74, 6) is 1.78. The van der Waals surface area contributed by atoms with E-state index in [2.05, 4.69) is 20.5 Å². The number of H-pyrrole nitrogens is 1. The van der Waals surface area contributed by atoms with Crippen LogP contribution in [0, 0.1) is 6.92 Å². The molecule has 0 bridgehead atoms. The number of rotatable bonds is 5. The van der Waals surface area contributed by atoms with Crippen molar-refractivity contribution < 1.29 is 4.42 Å². The van der Waals surface area contributed by atoms with Gasteiger partial charge in [-0.25, -0.2) is 10.4 Å². The third-order valence-electron chi connectivity index (χ3n) is 2.42. The van der Waals surface area contributed by atoms with E-state index in [4.69, 9.17) is 4.42 Å². The van der Waals surface area contributed by atoms with Crippen LogP contribution in [0.2, 0.25) is 0 Å². The molecule has 19 heavy (non-hydrogen) atoms. The van der Waals surface area contributed by atoms with Crippen LogP contribution < -0.4 is 11.0 Å². The number of furan rings is 1. The fourth-order valence-electron chi connectivity index (χ4n) is 1.62. The zero-order valence-electron chi connectivity index (χ0n) is 10.9. The molecular weight excluding hydrogens is 244 g/mol. The predicted octanol–water partition coefficient (Wildman–Crippen LogP) is 2.07. The first-order valence-electron chi connectivity index (χ1n) is 6.13. The molecular formula is C13H16N4O2. The molecule has 2 rings (SSSR count). The van der Waals surface area contributed by atoms with Gasteiger partial charge in [0, 0.05) is 11.8 Å². The topological polar surface area (TPSA) is 83.3 Å². The first-order valence-corrected chi connectivity index (χ1v) is 6.13. The molecule has 0 aliphatic rings. The van der Waals surface area contributed by atoms with Gasteiger partial charge in [0.2, 0.25) is 5.95 Å². The quantitative estimate of drug-likeness (QED) is 0.636. The molecule has 0 unspecified atom stereocenters. The van der Waals surface area contributed by atoms with Crippen LogP contribution in [0.5, 0.6) is 0 Å². The second-order valence-corrected chi connectivity index (χ2v) is 4.15. The first kappa shape index (κ1) is 13.1. The molecule has 0 atom stereocenters. The molecule has 100 valence electrons. The minimum absolute atomic E-state index is 0.190. The Balaban J connectivity index is 2.06. The van der Waals surface area contributed by atoms with Crippen LogP contribution >= 0.6 is 0 Å². The van der Waals surface area contributed by atoms with Crippen LogP contribution in [0.4, 0.5) is 5.95 Å². The van der Waals surface area contributed by atoms with Crippen molar-refractivity contribution in [3.63, 3.8) is 0 Å². The zero-order valence-corrected chi connectivity index (χ0v) is 10.9. The Morgan fingerprint density at radius 2 is 2.37 bits per heavy atom. The monoisotopic (exact) mass is 260 g/mol. The van der Waals surface area contributed by atoms with Crippen molar-refractivity contribution in [2.45, 2.75) is 26.7 Å². The molecule has 0 fully saturated rings. The largest absolute Gasteiger partial charge is 0.460 e. The average Bonchev–Trinajstić information content (AvgIpc) is 2.75. The molecule has 6 heteroatoms. The van der Waals surface area contributed by atoms with Crippen LogP contribution in [0.3, 0.4) is 0 Å². The highest BCUT2D eigenvalue weighted by Gasteiger charge is 1.99. The van der Waals surface area contributed by atoms with E-state index in [1.54, 1.807) is 0 Å². The number of hydrogen-bond donors (Lipinski definition) is 2. The Kier molecular flexibility index (Phi) is 4.12. The molecule has 0 radical (unpaired) electrons. The summed E-state index contributed by atoms with van der Waals surface area (Å²) < 4.78 is 5.33. The molecule has 0 aliphatic carbocycles. The molecule has 0 saturated carbocycles. The van der Waals surface area contributed by atoms with Gasteiger partial charge in [0.05, 0.1) is 6.21 Å². The summed E-state index contributed by atoms with van der Waals surface area (Å²) in [5, 5.41) is 3.97. The minimum Gasteiger partial charge on any atom is -0.460 e. The average molecular weight is 260 g/mol. The van der Waals surface area contributed by atoms with Crippen molar-refractivity contribution in [2.75, 3.05) is 5.43 Å². The second-order valence-electron chi connectivity index (χ2n) is 4.15. The normalized spacial score (nSPS) is 11.1. The zero-order chi connectivity index (χ0) is 13.7. The minimum atomic E-state index is -0.190.